The van der Waals surface area contributed by atoms with E-state index in [2.05, 4.69) is 0 Å². The number of benzene rings is 2. The second kappa shape index (κ2) is 5.33. The van der Waals surface area contributed by atoms with Crippen molar-refractivity contribution in [1.29, 1.82) is 0 Å². The van der Waals surface area contributed by atoms with Crippen molar-refractivity contribution in [2.45, 2.75) is 11.7 Å². The monoisotopic (exact) mass is 294 g/mol. The van der Waals surface area contributed by atoms with Crippen LogP contribution in [0.5, 0.6) is 0 Å². The van der Waals surface area contributed by atoms with Crippen LogP contribution in [0.2, 0.25) is 0 Å². The fraction of sp³-hybridized carbons (Fsp3) is 0.111. The quantitative estimate of drug-likeness (QED) is 0.879. The van der Waals surface area contributed by atoms with Crippen molar-refractivity contribution in [3.8, 4) is 0 Å². The number of carbonyl (C=O) groups is 2. The number of Topliss-reactive ketones (excluding diaryl/α,β-unsaturated/α-hetero) is 1. The molecule has 0 bridgehead atoms. The van der Waals surface area contributed by atoms with E-state index in [1.807, 2.05) is 0 Å². The first-order valence-corrected chi connectivity index (χ1v) is 6.87. The third kappa shape index (κ3) is 2.09. The highest BCUT2D eigenvalue weighted by atomic mass is 16.4. The zero-order chi connectivity index (χ0) is 15.7. The van der Waals surface area contributed by atoms with E-state index >= 15 is 0 Å². The van der Waals surface area contributed by atoms with Crippen LogP contribution >= 0.6 is 0 Å². The van der Waals surface area contributed by atoms with Gasteiger partial charge in [-0.2, -0.15) is 0 Å². The molecule has 0 heterocycles. The van der Waals surface area contributed by atoms with Crippen molar-refractivity contribution < 1.29 is 19.8 Å². The molecule has 1 aliphatic rings. The Morgan fingerprint density at radius 2 is 1.41 bits per heavy atom. The predicted molar refractivity (Wildman–Crippen MR) is 80.8 cm³/mol. The van der Waals surface area contributed by atoms with Crippen LogP contribution in [-0.4, -0.2) is 27.9 Å². The number of aliphatic hydroxyl groups excluding tert-OH is 1. The fourth-order valence-electron chi connectivity index (χ4n) is 2.62. The van der Waals surface area contributed by atoms with Crippen LogP contribution in [0.4, 0.5) is 0 Å². The van der Waals surface area contributed by atoms with Crippen LogP contribution in [0.3, 0.4) is 0 Å². The zero-order valence-electron chi connectivity index (χ0n) is 11.6. The Morgan fingerprint density at radius 1 is 0.864 bits per heavy atom. The Bertz CT molecular complexity index is 749. The Morgan fingerprint density at radius 3 is 2.00 bits per heavy atom. The third-order valence-electron chi connectivity index (χ3n) is 3.86. The van der Waals surface area contributed by atoms with Crippen LogP contribution in [0.1, 0.15) is 11.1 Å². The van der Waals surface area contributed by atoms with Crippen LogP contribution in [0, 0.1) is 0 Å². The van der Waals surface area contributed by atoms with Gasteiger partial charge in [0.2, 0.25) is 0 Å². The van der Waals surface area contributed by atoms with E-state index in [1.54, 1.807) is 48.5 Å². The van der Waals surface area contributed by atoms with Gasteiger partial charge in [0.05, 0.1) is 0 Å². The van der Waals surface area contributed by atoms with Crippen molar-refractivity contribution in [3.05, 3.63) is 77.9 Å². The molecule has 0 fully saturated rings. The van der Waals surface area contributed by atoms with Gasteiger partial charge in [-0.15, -0.1) is 0 Å². The molecule has 22 heavy (non-hydrogen) atoms. The number of hydrogen-bond donors (Lipinski definition) is 2. The van der Waals surface area contributed by atoms with E-state index in [0.717, 1.165) is 6.08 Å². The van der Waals surface area contributed by atoms with Crippen molar-refractivity contribution in [2.24, 2.45) is 0 Å². The third-order valence-corrected chi connectivity index (χ3v) is 3.86. The lowest BCUT2D eigenvalue weighted by atomic mass is 9.75. The lowest BCUT2D eigenvalue weighted by Crippen LogP contribution is -2.53. The largest absolute Gasteiger partial charge is 0.381 e. The molecular weight excluding hydrogens is 280 g/mol. The summed E-state index contributed by atoms with van der Waals surface area (Å²) in [6.07, 6.45) is -0.722. The van der Waals surface area contributed by atoms with Gasteiger partial charge in [-0.25, -0.2) is 0 Å². The number of rotatable bonds is 2. The van der Waals surface area contributed by atoms with Crippen LogP contribution < -0.4 is 0 Å². The molecule has 0 spiro atoms. The lowest BCUT2D eigenvalue weighted by Gasteiger charge is -2.34. The molecule has 0 aliphatic heterocycles. The summed E-state index contributed by atoms with van der Waals surface area (Å²) < 4.78 is 0. The molecule has 0 unspecified atom stereocenters. The summed E-state index contributed by atoms with van der Waals surface area (Å²) in [7, 11) is 0. The second-order valence-corrected chi connectivity index (χ2v) is 5.19. The first-order chi connectivity index (χ1) is 10.5. The maximum absolute atomic E-state index is 12.4. The van der Waals surface area contributed by atoms with Crippen LogP contribution in [0.15, 0.2) is 66.7 Å². The van der Waals surface area contributed by atoms with E-state index in [-0.39, 0.29) is 11.1 Å². The maximum Gasteiger partial charge on any atom is 0.195 e. The molecule has 2 N–H and O–H groups in total. The minimum Gasteiger partial charge on any atom is -0.381 e. The molecule has 0 saturated heterocycles. The molecule has 2 atom stereocenters. The topological polar surface area (TPSA) is 74.6 Å². The summed E-state index contributed by atoms with van der Waals surface area (Å²) in [5, 5.41) is 20.9. The van der Waals surface area contributed by atoms with E-state index < -0.39 is 23.3 Å². The van der Waals surface area contributed by atoms with Gasteiger partial charge in [0.25, 0.3) is 0 Å². The zero-order valence-corrected chi connectivity index (χ0v) is 11.6. The minimum atomic E-state index is -2.24. The number of carbonyl (C=O) groups excluding carboxylic acids is 2. The summed E-state index contributed by atoms with van der Waals surface area (Å²) in [4.78, 5) is 24.8. The van der Waals surface area contributed by atoms with Crippen molar-refractivity contribution in [3.63, 3.8) is 0 Å². The maximum atomic E-state index is 12.4. The molecule has 110 valence electrons. The average molecular weight is 294 g/mol. The van der Waals surface area contributed by atoms with Gasteiger partial charge in [-0.05, 0) is 17.2 Å². The Balaban J connectivity index is 2.11. The molecular formula is C18H14O4. The number of hydrogen-bond acceptors (Lipinski definition) is 4. The Labute approximate surface area is 127 Å². The molecule has 2 aromatic carbocycles. The molecule has 0 aromatic heterocycles. The summed E-state index contributed by atoms with van der Waals surface area (Å²) in [5.41, 5.74) is -1.39. The number of ketones is 2. The van der Waals surface area contributed by atoms with Gasteiger partial charge in [0.15, 0.2) is 23.3 Å². The van der Waals surface area contributed by atoms with Crippen molar-refractivity contribution in [2.75, 3.05) is 0 Å². The van der Waals surface area contributed by atoms with Crippen molar-refractivity contribution in [1.82, 2.24) is 0 Å². The molecule has 4 nitrogen and oxygen atoms in total. The van der Waals surface area contributed by atoms with E-state index in [1.165, 1.54) is 12.1 Å². The Kier molecular flexibility index (Phi) is 3.48. The van der Waals surface area contributed by atoms with Crippen molar-refractivity contribution >= 4 is 17.1 Å². The van der Waals surface area contributed by atoms with Gasteiger partial charge < -0.3 is 10.2 Å². The number of aliphatic hydroxyl groups is 2. The molecule has 2 aromatic rings. The minimum absolute atomic E-state index is 0.110. The van der Waals surface area contributed by atoms with E-state index in [0.29, 0.717) is 5.56 Å². The first kappa shape index (κ1) is 14.4. The molecule has 3 rings (SSSR count). The molecule has 1 aliphatic carbocycles. The predicted octanol–water partition coefficient (Wildman–Crippen LogP) is 1.47. The van der Waals surface area contributed by atoms with Gasteiger partial charge in [-0.3, -0.25) is 9.59 Å². The highest BCUT2D eigenvalue weighted by Crippen LogP contribution is 2.35. The SMILES string of the molecule is O=C1C(c2ccccc2)=CC(=O)[C@](O)(c2ccccc2)[C@H]1O. The highest BCUT2D eigenvalue weighted by molar-refractivity contribution is 6.31. The van der Waals surface area contributed by atoms with Crippen LogP contribution in [-0.2, 0) is 15.2 Å². The molecule has 4 heteroatoms. The van der Waals surface area contributed by atoms with Crippen LogP contribution in [0.25, 0.3) is 5.57 Å². The van der Waals surface area contributed by atoms with E-state index in [9.17, 15) is 19.8 Å². The summed E-state index contributed by atoms with van der Waals surface area (Å²) in [5.74, 6) is -1.37. The summed E-state index contributed by atoms with van der Waals surface area (Å²) in [6, 6.07) is 16.6. The highest BCUT2D eigenvalue weighted by Gasteiger charge is 2.51. The molecule has 0 amide bonds. The molecule has 0 saturated carbocycles. The van der Waals surface area contributed by atoms with Gasteiger partial charge in [0.1, 0.15) is 0 Å². The fourth-order valence-corrected chi connectivity index (χ4v) is 2.62. The first-order valence-electron chi connectivity index (χ1n) is 6.87. The Hall–Kier alpha value is -2.56. The van der Waals surface area contributed by atoms with Gasteiger partial charge >= 0.3 is 0 Å². The van der Waals surface area contributed by atoms with Gasteiger partial charge in [-0.1, -0.05) is 60.7 Å². The smallest absolute Gasteiger partial charge is 0.195 e. The average Bonchev–Trinajstić information content (AvgIpc) is 2.58. The standard InChI is InChI=1S/C18H14O4/c19-15-11-14(12-7-3-1-4-8-12)16(20)17(21)18(15,22)13-9-5-2-6-10-13/h1-11,17,21-22H/t17-,18+/m0/s1. The summed E-state index contributed by atoms with van der Waals surface area (Å²) in [6.45, 7) is 0. The lowest BCUT2D eigenvalue weighted by molar-refractivity contribution is -0.156. The van der Waals surface area contributed by atoms with Gasteiger partial charge in [0, 0.05) is 5.57 Å². The van der Waals surface area contributed by atoms with E-state index in [4.69, 9.17) is 0 Å². The normalized spacial score (nSPS) is 25.0. The molecule has 0 radical (unpaired) electrons. The second-order valence-electron chi connectivity index (χ2n) is 5.19. The summed E-state index contributed by atoms with van der Waals surface area (Å²) >= 11 is 0.